The van der Waals surface area contributed by atoms with E-state index in [1.54, 1.807) is 0 Å². The maximum atomic E-state index is 7.45. The maximum Gasteiger partial charge on any atom is 0.261 e. The minimum atomic E-state index is -2.80. The Morgan fingerprint density at radius 2 is 1.17 bits per heavy atom. The van der Waals surface area contributed by atoms with Crippen molar-refractivity contribution in [1.82, 2.24) is 0 Å². The minimum absolute atomic E-state index is 0.0144. The summed E-state index contributed by atoms with van der Waals surface area (Å²) in [5.74, 6) is 0.136. The summed E-state index contributed by atoms with van der Waals surface area (Å²) in [5.41, 5.74) is 6.94. The zero-order valence-corrected chi connectivity index (χ0v) is 33.5. The van der Waals surface area contributed by atoms with E-state index in [0.717, 1.165) is 46.5 Å². The fraction of sp³-hybridized carbons (Fsp3) is 0.362. The van der Waals surface area contributed by atoms with Crippen molar-refractivity contribution < 1.29 is 18.6 Å². The van der Waals surface area contributed by atoms with E-state index in [0.29, 0.717) is 19.8 Å². The highest BCUT2D eigenvalue weighted by Crippen LogP contribution is 2.47. The Hall–Kier alpha value is -3.55. The van der Waals surface area contributed by atoms with E-state index in [1.165, 1.54) is 21.5 Å². The molecule has 0 spiro atoms. The van der Waals surface area contributed by atoms with Gasteiger partial charge in [-0.1, -0.05) is 168 Å². The molecule has 1 aliphatic carbocycles. The molecule has 1 heterocycles. The van der Waals surface area contributed by atoms with E-state index in [9.17, 15) is 0 Å². The van der Waals surface area contributed by atoms with Crippen LogP contribution in [0.3, 0.4) is 0 Å². The second-order valence-corrected chi connectivity index (χ2v) is 20.4. The lowest BCUT2D eigenvalue weighted by atomic mass is 9.77. The van der Waals surface area contributed by atoms with Gasteiger partial charge < -0.3 is 18.6 Å². The van der Waals surface area contributed by atoms with Gasteiger partial charge in [0.05, 0.1) is 32.0 Å². The molecule has 1 aliphatic heterocycles. The van der Waals surface area contributed by atoms with Crippen molar-refractivity contribution in [3.05, 3.63) is 166 Å². The van der Waals surface area contributed by atoms with Crippen LogP contribution in [-0.2, 0) is 51.3 Å². The molecular weight excluding hydrogens is 692 g/mol. The Balaban J connectivity index is 1.28. The topological polar surface area (TPSA) is 36.9 Å². The largest absolute Gasteiger partial charge is 0.403 e. The van der Waals surface area contributed by atoms with Crippen molar-refractivity contribution in [2.45, 2.75) is 103 Å². The molecule has 0 bridgehead atoms. The van der Waals surface area contributed by atoms with Gasteiger partial charge in [0.25, 0.3) is 8.32 Å². The van der Waals surface area contributed by atoms with Crippen molar-refractivity contribution in [3.63, 3.8) is 0 Å². The fourth-order valence-corrected chi connectivity index (χ4v) is 13.4. The molecule has 2 aliphatic rings. The molecule has 1 fully saturated rings. The van der Waals surface area contributed by atoms with E-state index in [1.807, 2.05) is 12.1 Å². The lowest BCUT2D eigenvalue weighted by Gasteiger charge is -2.47. The number of hydrogen-bond acceptors (Lipinski definition) is 4. The molecule has 1 saturated heterocycles. The van der Waals surface area contributed by atoms with Gasteiger partial charge in [-0.2, -0.15) is 0 Å². The molecule has 5 atom stereocenters. The second-order valence-electron chi connectivity index (χ2n) is 15.7. The van der Waals surface area contributed by atoms with Gasteiger partial charge in [0, 0.05) is 10.9 Å². The number of rotatable bonds is 13. The zero-order chi connectivity index (χ0) is 37.0. The Morgan fingerprint density at radius 1 is 0.679 bits per heavy atom. The van der Waals surface area contributed by atoms with Crippen molar-refractivity contribution in [2.24, 2.45) is 5.92 Å². The molecular formula is C47H53ClO4Si. The quantitative estimate of drug-likeness (QED) is 0.113. The van der Waals surface area contributed by atoms with Gasteiger partial charge in [-0.15, -0.1) is 0 Å². The van der Waals surface area contributed by atoms with Crippen LogP contribution in [0.25, 0.3) is 0 Å². The van der Waals surface area contributed by atoms with E-state index < -0.39 is 8.32 Å². The summed E-state index contributed by atoms with van der Waals surface area (Å²) in [4.78, 5) is 0. The molecule has 276 valence electrons. The smallest absolute Gasteiger partial charge is 0.261 e. The van der Waals surface area contributed by atoms with Crippen LogP contribution in [-0.4, -0.2) is 26.6 Å². The number of ether oxygens (including phenoxy) is 3. The average Bonchev–Trinajstić information content (AvgIpc) is 3.16. The third-order valence-electron chi connectivity index (χ3n) is 11.4. The first-order valence-corrected chi connectivity index (χ1v) is 21.5. The lowest BCUT2D eigenvalue weighted by molar-refractivity contribution is -0.235. The van der Waals surface area contributed by atoms with Crippen LogP contribution in [0.4, 0.5) is 0 Å². The second kappa shape index (κ2) is 16.4. The molecule has 0 amide bonds. The molecule has 53 heavy (non-hydrogen) atoms. The maximum absolute atomic E-state index is 7.45. The molecule has 7 rings (SSSR count). The summed E-state index contributed by atoms with van der Waals surface area (Å²) in [5, 5.41) is 3.17. The number of halogens is 1. The van der Waals surface area contributed by atoms with E-state index >= 15 is 0 Å². The summed E-state index contributed by atoms with van der Waals surface area (Å²) in [6.45, 7) is 12.8. The third kappa shape index (κ3) is 7.71. The van der Waals surface area contributed by atoms with Gasteiger partial charge in [0.2, 0.25) is 0 Å². The first-order chi connectivity index (χ1) is 25.7. The molecule has 0 saturated carbocycles. The van der Waals surface area contributed by atoms with Crippen molar-refractivity contribution in [1.29, 1.82) is 0 Å². The summed E-state index contributed by atoms with van der Waals surface area (Å²) in [6.07, 6.45) is 1.98. The SMILES string of the molecule is CC[C@H]1OC(c2cc(CO[Si](c3ccccc3)(c3ccccc3)C(C)(C)C)c(Cl)c3c2CC3)[C@H](OCc2ccccc2)[C@@H](OCc2ccccc2)[C@@H]1C. The summed E-state index contributed by atoms with van der Waals surface area (Å²) in [7, 11) is -2.80. The Bertz CT molecular complexity index is 1890. The zero-order valence-electron chi connectivity index (χ0n) is 31.8. The monoisotopic (exact) mass is 744 g/mol. The van der Waals surface area contributed by atoms with E-state index in [4.69, 9.17) is 30.2 Å². The molecule has 5 aromatic rings. The molecule has 1 unspecified atom stereocenters. The standard InChI is InChI=1S/C47H53ClO4Si/c1-6-42-33(2)44(49-30-34-19-11-7-12-20-34)46(50-31-35-21-13-8-14-22-35)45(52-42)41-29-36(43(48)40-28-27-39(40)41)32-51-53(47(3,4)5,37-23-15-9-16-24-37)38-25-17-10-18-26-38/h7-26,29,33,42,44-46H,6,27-28,30-32H2,1-5H3/t33-,42-,44+,45?,46-/m1/s1. The molecule has 0 radical (unpaired) electrons. The summed E-state index contributed by atoms with van der Waals surface area (Å²) in [6, 6.07) is 44.7. The van der Waals surface area contributed by atoms with Crippen LogP contribution >= 0.6 is 11.6 Å². The summed E-state index contributed by atoms with van der Waals surface area (Å²) >= 11 is 7.34. The van der Waals surface area contributed by atoms with Crippen molar-refractivity contribution in [2.75, 3.05) is 0 Å². The number of fused-ring (bicyclic) bond motifs is 1. The first-order valence-electron chi connectivity index (χ1n) is 19.3. The summed E-state index contributed by atoms with van der Waals surface area (Å²) < 4.78 is 28.4. The van der Waals surface area contributed by atoms with Gasteiger partial charge in [-0.05, 0) is 74.1 Å². The number of hydrogen-bond donors (Lipinski definition) is 0. The van der Waals surface area contributed by atoms with Gasteiger partial charge in [0.15, 0.2) is 0 Å². The third-order valence-corrected chi connectivity index (χ3v) is 16.9. The highest BCUT2D eigenvalue weighted by atomic mass is 35.5. The van der Waals surface area contributed by atoms with Crippen molar-refractivity contribution >= 4 is 30.3 Å². The molecule has 0 aromatic heterocycles. The molecule has 5 aromatic carbocycles. The highest BCUT2D eigenvalue weighted by molar-refractivity contribution is 6.99. The molecule has 4 nitrogen and oxygen atoms in total. The molecule has 0 N–H and O–H groups in total. The van der Waals surface area contributed by atoms with Crippen molar-refractivity contribution in [3.8, 4) is 0 Å². The van der Waals surface area contributed by atoms with Crippen LogP contribution in [0.15, 0.2) is 127 Å². The number of benzene rings is 5. The van der Waals surface area contributed by atoms with Gasteiger partial charge >= 0.3 is 0 Å². The Kier molecular flexibility index (Phi) is 11.7. The predicted octanol–water partition coefficient (Wildman–Crippen LogP) is 10.2. The van der Waals surface area contributed by atoms with Crippen LogP contribution in [0, 0.1) is 5.92 Å². The van der Waals surface area contributed by atoms with Gasteiger partial charge in [-0.25, -0.2) is 0 Å². The van der Waals surface area contributed by atoms with Crippen LogP contribution in [0.5, 0.6) is 0 Å². The van der Waals surface area contributed by atoms with Crippen LogP contribution in [0.2, 0.25) is 10.1 Å². The highest BCUT2D eigenvalue weighted by Gasteiger charge is 2.51. The van der Waals surface area contributed by atoms with E-state index in [-0.39, 0.29) is 35.4 Å². The normalized spacial score (nSPS) is 21.5. The minimum Gasteiger partial charge on any atom is -0.403 e. The first kappa shape index (κ1) is 37.7. The van der Waals surface area contributed by atoms with E-state index in [2.05, 4.69) is 150 Å². The van der Waals surface area contributed by atoms with Crippen LogP contribution < -0.4 is 10.4 Å². The average molecular weight is 745 g/mol. The lowest BCUT2D eigenvalue weighted by Crippen LogP contribution is -2.66. The fourth-order valence-electron chi connectivity index (χ4n) is 8.53. The Labute approximate surface area is 322 Å². The van der Waals surface area contributed by atoms with Crippen LogP contribution in [0.1, 0.15) is 80.5 Å². The van der Waals surface area contributed by atoms with Gasteiger partial charge in [0.1, 0.15) is 12.2 Å². The Morgan fingerprint density at radius 3 is 1.64 bits per heavy atom. The van der Waals surface area contributed by atoms with Gasteiger partial charge in [-0.3, -0.25) is 0 Å². The molecule has 6 heteroatoms. The predicted molar refractivity (Wildman–Crippen MR) is 218 cm³/mol.